The van der Waals surface area contributed by atoms with Gasteiger partial charge in [0.15, 0.2) is 0 Å². The number of alkyl halides is 3. The Morgan fingerprint density at radius 2 is 1.79 bits per heavy atom. The number of hydrogen-bond acceptors (Lipinski definition) is 5. The Hall–Kier alpha value is -3.18. The summed E-state index contributed by atoms with van der Waals surface area (Å²) in [5, 5.41) is 2.40. The number of carbonyl (C=O) groups excluding carboxylic acids is 3. The number of thiocarbonyl (C=S) groups is 1. The van der Waals surface area contributed by atoms with E-state index in [-0.39, 0.29) is 28.1 Å². The third-order valence-corrected chi connectivity index (χ3v) is 6.64. The van der Waals surface area contributed by atoms with Gasteiger partial charge in [0, 0.05) is 17.3 Å². The van der Waals surface area contributed by atoms with Gasteiger partial charge in [-0.2, -0.15) is 13.2 Å². The minimum atomic E-state index is -4.55. The maximum atomic E-state index is 13.4. The van der Waals surface area contributed by atoms with Crippen LogP contribution in [0.4, 0.5) is 24.5 Å². The van der Waals surface area contributed by atoms with Crippen LogP contribution in [0.3, 0.4) is 0 Å². The van der Waals surface area contributed by atoms with E-state index in [1.807, 2.05) is 13.8 Å². The van der Waals surface area contributed by atoms with Crippen molar-refractivity contribution in [1.82, 2.24) is 4.90 Å². The molecule has 2 heterocycles. The number of halogens is 3. The summed E-state index contributed by atoms with van der Waals surface area (Å²) in [5.74, 6) is -1.61. The Labute approximate surface area is 202 Å². The number of nitrogens with zero attached hydrogens (tertiary/aromatic N) is 2. The fourth-order valence-corrected chi connectivity index (χ4v) is 5.34. The summed E-state index contributed by atoms with van der Waals surface area (Å²) in [7, 11) is 0. The Kier molecular flexibility index (Phi) is 6.26. The van der Waals surface area contributed by atoms with Crippen LogP contribution in [0, 0.1) is 0 Å². The molecule has 0 aromatic heterocycles. The van der Waals surface area contributed by atoms with E-state index in [1.165, 1.54) is 21.9 Å². The third kappa shape index (κ3) is 4.32. The molecule has 11 heteroatoms. The van der Waals surface area contributed by atoms with Crippen LogP contribution >= 0.6 is 24.0 Å². The Bertz CT molecular complexity index is 1260. The number of hydrogen-bond donors (Lipinski definition) is 1. The van der Waals surface area contributed by atoms with Crippen LogP contribution in [-0.4, -0.2) is 39.5 Å². The molecule has 3 amide bonds. The zero-order chi connectivity index (χ0) is 24.8. The monoisotopic (exact) mass is 505 g/mol. The summed E-state index contributed by atoms with van der Waals surface area (Å²) in [6.45, 7) is 3.18. The fraction of sp³-hybridized carbons (Fsp3) is 0.217. The highest BCUT2D eigenvalue weighted by molar-refractivity contribution is 8.26. The molecular weight excluding hydrogens is 487 g/mol. The maximum absolute atomic E-state index is 13.4. The molecule has 1 N–H and O–H groups in total. The third-order valence-electron chi connectivity index (χ3n) is 5.24. The van der Waals surface area contributed by atoms with E-state index in [2.05, 4.69) is 5.32 Å². The number of nitrogens with one attached hydrogen (secondary N) is 1. The van der Waals surface area contributed by atoms with Gasteiger partial charge in [0.05, 0.1) is 21.7 Å². The molecule has 0 radical (unpaired) electrons. The maximum Gasteiger partial charge on any atom is 0.416 e. The molecule has 1 saturated heterocycles. The van der Waals surface area contributed by atoms with Crippen molar-refractivity contribution >= 4 is 63.0 Å². The van der Waals surface area contributed by atoms with Gasteiger partial charge >= 0.3 is 6.18 Å². The molecule has 4 rings (SSSR count). The number of anilines is 2. The van der Waals surface area contributed by atoms with Crippen molar-refractivity contribution in [3.63, 3.8) is 0 Å². The highest BCUT2D eigenvalue weighted by Gasteiger charge is 2.43. The molecule has 176 valence electrons. The molecule has 0 spiro atoms. The lowest BCUT2D eigenvalue weighted by Gasteiger charge is -2.18. The quantitative estimate of drug-likeness (QED) is 0.483. The zero-order valence-corrected chi connectivity index (χ0v) is 19.6. The van der Waals surface area contributed by atoms with Crippen LogP contribution in [0.5, 0.6) is 0 Å². The molecule has 0 saturated carbocycles. The zero-order valence-electron chi connectivity index (χ0n) is 18.0. The predicted molar refractivity (Wildman–Crippen MR) is 128 cm³/mol. The summed E-state index contributed by atoms with van der Waals surface area (Å²) >= 11 is 6.35. The van der Waals surface area contributed by atoms with Gasteiger partial charge in [-0.15, -0.1) is 0 Å². The van der Waals surface area contributed by atoms with E-state index in [9.17, 15) is 27.6 Å². The number of fused-ring (bicyclic) bond motifs is 1. The topological polar surface area (TPSA) is 69.7 Å². The van der Waals surface area contributed by atoms with E-state index >= 15 is 0 Å². The summed E-state index contributed by atoms with van der Waals surface area (Å²) < 4.78 is 39.2. The molecule has 0 unspecified atom stereocenters. The van der Waals surface area contributed by atoms with Gasteiger partial charge in [-0.25, -0.2) is 0 Å². The largest absolute Gasteiger partial charge is 0.416 e. The van der Waals surface area contributed by atoms with Crippen LogP contribution in [0.2, 0.25) is 0 Å². The first-order chi connectivity index (χ1) is 16.0. The first-order valence-electron chi connectivity index (χ1n) is 10.2. The molecule has 2 aromatic carbocycles. The average Bonchev–Trinajstić information content (AvgIpc) is 3.20. The number of carbonyl (C=O) groups is 3. The lowest BCUT2D eigenvalue weighted by molar-refractivity contribution is -0.137. The van der Waals surface area contributed by atoms with Crippen LogP contribution in [-0.2, 0) is 20.6 Å². The van der Waals surface area contributed by atoms with Crippen molar-refractivity contribution in [3.8, 4) is 0 Å². The molecule has 2 aromatic rings. The molecule has 0 atom stereocenters. The first-order valence-corrected chi connectivity index (χ1v) is 11.4. The average molecular weight is 506 g/mol. The normalized spacial score (nSPS) is 18.2. The summed E-state index contributed by atoms with van der Waals surface area (Å²) in [6, 6.07) is 10.8. The van der Waals surface area contributed by atoms with Gasteiger partial charge < -0.3 is 5.32 Å². The second-order valence-electron chi connectivity index (χ2n) is 7.88. The van der Waals surface area contributed by atoms with Crippen LogP contribution < -0.4 is 10.2 Å². The molecule has 1 fully saturated rings. The van der Waals surface area contributed by atoms with Gasteiger partial charge in [0.25, 0.3) is 11.8 Å². The summed E-state index contributed by atoms with van der Waals surface area (Å²) in [5.41, 5.74) is 0.128. The Balaban J connectivity index is 1.63. The van der Waals surface area contributed by atoms with Crippen molar-refractivity contribution in [2.75, 3.05) is 16.8 Å². The number of amides is 3. The Morgan fingerprint density at radius 1 is 1.09 bits per heavy atom. The van der Waals surface area contributed by atoms with Gasteiger partial charge in [0.1, 0.15) is 10.9 Å². The molecular formula is C23H18F3N3O3S2. The molecule has 2 aliphatic rings. The van der Waals surface area contributed by atoms with Gasteiger partial charge in [-0.1, -0.05) is 48.2 Å². The molecule has 0 bridgehead atoms. The lowest BCUT2D eigenvalue weighted by atomic mass is 10.1. The van der Waals surface area contributed by atoms with Crippen molar-refractivity contribution < 1.29 is 27.6 Å². The molecule has 34 heavy (non-hydrogen) atoms. The van der Waals surface area contributed by atoms with E-state index in [1.54, 1.807) is 24.3 Å². The van der Waals surface area contributed by atoms with E-state index in [4.69, 9.17) is 12.2 Å². The minimum Gasteiger partial charge on any atom is -0.325 e. The van der Waals surface area contributed by atoms with E-state index in [0.29, 0.717) is 15.6 Å². The molecule has 0 aliphatic carbocycles. The summed E-state index contributed by atoms with van der Waals surface area (Å²) in [6.07, 6.45) is -4.55. The van der Waals surface area contributed by atoms with Gasteiger partial charge in [-0.05, 0) is 38.1 Å². The van der Waals surface area contributed by atoms with E-state index in [0.717, 1.165) is 23.9 Å². The number of para-hydroxylation sites is 1. The van der Waals surface area contributed by atoms with Gasteiger partial charge in [0.2, 0.25) is 5.91 Å². The van der Waals surface area contributed by atoms with Gasteiger partial charge in [-0.3, -0.25) is 24.2 Å². The highest BCUT2D eigenvalue weighted by atomic mass is 32.2. The molecule has 6 nitrogen and oxygen atoms in total. The number of rotatable bonds is 4. The van der Waals surface area contributed by atoms with Crippen molar-refractivity contribution in [2.24, 2.45) is 0 Å². The fourth-order valence-electron chi connectivity index (χ4n) is 3.75. The van der Waals surface area contributed by atoms with Crippen molar-refractivity contribution in [3.05, 3.63) is 64.6 Å². The lowest BCUT2D eigenvalue weighted by Crippen LogP contribution is -2.36. The molecule has 2 aliphatic heterocycles. The first kappa shape index (κ1) is 24.0. The van der Waals surface area contributed by atoms with Crippen LogP contribution in [0.15, 0.2) is 53.4 Å². The van der Waals surface area contributed by atoms with E-state index < -0.39 is 30.1 Å². The number of benzene rings is 2. The predicted octanol–water partition coefficient (Wildman–Crippen LogP) is 4.67. The minimum absolute atomic E-state index is 0.0437. The number of thioether (sulfide) groups is 1. The smallest absolute Gasteiger partial charge is 0.325 e. The highest BCUT2D eigenvalue weighted by Crippen LogP contribution is 2.44. The van der Waals surface area contributed by atoms with Crippen molar-refractivity contribution in [2.45, 2.75) is 26.1 Å². The summed E-state index contributed by atoms with van der Waals surface area (Å²) in [4.78, 5) is 41.9. The standard InChI is InChI=1S/C23H18F3N3O3S2/c1-12(2)29-21(32)19(34-22(29)33)18-15-8-3-4-9-16(15)28(20(18)31)11-17(30)27-14-7-5-6-13(10-14)23(24,25)26/h3-10,12H,11H2,1-2H3,(H,27,30). The second kappa shape index (κ2) is 8.88. The SMILES string of the molecule is CC(C)N1C(=O)C(=C2C(=O)N(CC(=O)Nc3cccc(C(F)(F)F)c3)c3ccccc32)SC1=S. The second-order valence-corrected chi connectivity index (χ2v) is 9.52. The van der Waals surface area contributed by atoms with Crippen molar-refractivity contribution in [1.29, 1.82) is 0 Å². The van der Waals surface area contributed by atoms with Crippen LogP contribution in [0.25, 0.3) is 5.57 Å². The Morgan fingerprint density at radius 3 is 2.44 bits per heavy atom. The van der Waals surface area contributed by atoms with Crippen LogP contribution in [0.1, 0.15) is 25.0 Å².